The first-order valence-corrected chi connectivity index (χ1v) is 5.39. The van der Waals surface area contributed by atoms with Crippen LogP contribution in [0.4, 0.5) is 11.4 Å². The van der Waals surface area contributed by atoms with Crippen LogP contribution in [-0.4, -0.2) is 37.0 Å². The molecule has 1 aromatic carbocycles. The minimum Gasteiger partial charge on any atom is -0.449 e. The van der Waals surface area contributed by atoms with E-state index in [9.17, 15) is 9.59 Å². The van der Waals surface area contributed by atoms with Crippen molar-refractivity contribution in [2.24, 2.45) is 0 Å². The lowest BCUT2D eigenvalue weighted by Gasteiger charge is -2.17. The van der Waals surface area contributed by atoms with Gasteiger partial charge in [-0.1, -0.05) is 0 Å². The third-order valence-corrected chi connectivity index (χ3v) is 2.29. The number of amides is 1. The van der Waals surface area contributed by atoms with Crippen LogP contribution in [0.15, 0.2) is 18.2 Å². The molecule has 0 aliphatic heterocycles. The van der Waals surface area contributed by atoms with Gasteiger partial charge in [0.15, 0.2) is 6.10 Å². The van der Waals surface area contributed by atoms with Crippen LogP contribution in [-0.2, 0) is 9.53 Å². The molecule has 0 heterocycles. The normalized spacial score (nSPS) is 11.7. The predicted octanol–water partition coefficient (Wildman–Crippen LogP) is 0.484. The van der Waals surface area contributed by atoms with Crippen LogP contribution in [0.1, 0.15) is 17.3 Å². The lowest BCUT2D eigenvalue weighted by molar-refractivity contribution is -0.137. The van der Waals surface area contributed by atoms with Gasteiger partial charge in [0.25, 0.3) is 5.91 Å². The fraction of sp³-hybridized carbons (Fsp3) is 0.333. The average Bonchev–Trinajstić information content (AvgIpc) is 2.26. The van der Waals surface area contributed by atoms with E-state index in [0.29, 0.717) is 11.4 Å². The number of nitrogens with two attached hydrogens (primary N) is 2. The first-order chi connectivity index (χ1) is 8.31. The fourth-order valence-corrected chi connectivity index (χ4v) is 1.44. The van der Waals surface area contributed by atoms with Gasteiger partial charge in [-0.25, -0.2) is 4.79 Å². The second-order valence-electron chi connectivity index (χ2n) is 4.17. The predicted molar refractivity (Wildman–Crippen MR) is 68.8 cm³/mol. The van der Waals surface area contributed by atoms with Crippen LogP contribution < -0.4 is 11.5 Å². The van der Waals surface area contributed by atoms with Crippen molar-refractivity contribution in [1.29, 1.82) is 0 Å². The smallest absolute Gasteiger partial charge is 0.339 e. The second kappa shape index (κ2) is 5.39. The highest BCUT2D eigenvalue weighted by Gasteiger charge is 2.20. The molecule has 0 spiro atoms. The molecule has 4 N–H and O–H groups in total. The Hall–Kier alpha value is -2.24. The minimum atomic E-state index is -0.852. The number of carbonyl (C=O) groups is 2. The molecule has 0 saturated heterocycles. The summed E-state index contributed by atoms with van der Waals surface area (Å²) in [5.41, 5.74) is 12.1. The van der Waals surface area contributed by atoms with Crippen molar-refractivity contribution in [3.05, 3.63) is 23.8 Å². The molecule has 0 aliphatic carbocycles. The Morgan fingerprint density at radius 2 is 1.67 bits per heavy atom. The number of ether oxygens (including phenoxy) is 1. The van der Waals surface area contributed by atoms with Crippen molar-refractivity contribution in [2.75, 3.05) is 25.6 Å². The number of nitrogens with zero attached hydrogens (tertiary/aromatic N) is 1. The Bertz CT molecular complexity index is 451. The maximum absolute atomic E-state index is 11.8. The Labute approximate surface area is 105 Å². The number of likely N-dealkylation sites (N-methyl/N-ethyl adjacent to an activating group) is 1. The zero-order valence-corrected chi connectivity index (χ0v) is 10.6. The van der Waals surface area contributed by atoms with Crippen molar-refractivity contribution in [2.45, 2.75) is 13.0 Å². The van der Waals surface area contributed by atoms with E-state index in [-0.39, 0.29) is 11.5 Å². The molecule has 0 saturated carbocycles. The number of hydrogen-bond donors (Lipinski definition) is 2. The molecule has 18 heavy (non-hydrogen) atoms. The average molecular weight is 251 g/mol. The van der Waals surface area contributed by atoms with Gasteiger partial charge in [0.1, 0.15) is 0 Å². The molecule has 0 aliphatic rings. The van der Waals surface area contributed by atoms with Gasteiger partial charge >= 0.3 is 5.97 Å². The molecule has 0 bridgehead atoms. The maximum atomic E-state index is 11.8. The molecule has 98 valence electrons. The topological polar surface area (TPSA) is 98.6 Å². The summed E-state index contributed by atoms with van der Waals surface area (Å²) in [5.74, 6) is -0.920. The molecular formula is C12H17N3O3. The first-order valence-electron chi connectivity index (χ1n) is 5.39. The van der Waals surface area contributed by atoms with E-state index in [4.69, 9.17) is 16.2 Å². The Kier molecular flexibility index (Phi) is 4.14. The fourth-order valence-electron chi connectivity index (χ4n) is 1.44. The lowest BCUT2D eigenvalue weighted by Crippen LogP contribution is -2.34. The van der Waals surface area contributed by atoms with E-state index in [0.717, 1.165) is 0 Å². The molecule has 0 aromatic heterocycles. The van der Waals surface area contributed by atoms with Gasteiger partial charge in [-0.2, -0.15) is 0 Å². The number of carbonyl (C=O) groups excluding carboxylic acids is 2. The van der Waals surface area contributed by atoms with Gasteiger partial charge in [0, 0.05) is 25.5 Å². The molecule has 1 aromatic rings. The highest BCUT2D eigenvalue weighted by Crippen LogP contribution is 2.15. The maximum Gasteiger partial charge on any atom is 0.339 e. The summed E-state index contributed by atoms with van der Waals surface area (Å²) in [6.45, 7) is 1.51. The van der Waals surface area contributed by atoms with Gasteiger partial charge < -0.3 is 21.1 Å². The summed E-state index contributed by atoms with van der Waals surface area (Å²) >= 11 is 0. The molecule has 1 rings (SSSR count). The van der Waals surface area contributed by atoms with Crippen molar-refractivity contribution < 1.29 is 14.3 Å². The van der Waals surface area contributed by atoms with Crippen molar-refractivity contribution >= 4 is 23.3 Å². The Morgan fingerprint density at radius 1 is 1.17 bits per heavy atom. The largest absolute Gasteiger partial charge is 0.449 e. The Morgan fingerprint density at radius 3 is 2.11 bits per heavy atom. The number of nitrogen functional groups attached to an aromatic ring is 2. The third kappa shape index (κ3) is 3.38. The van der Waals surface area contributed by atoms with Gasteiger partial charge in [-0.3, -0.25) is 4.79 Å². The highest BCUT2D eigenvalue weighted by molar-refractivity contribution is 5.93. The number of benzene rings is 1. The summed E-state index contributed by atoms with van der Waals surface area (Å²) < 4.78 is 5.03. The molecule has 0 radical (unpaired) electrons. The Balaban J connectivity index is 2.79. The molecule has 6 nitrogen and oxygen atoms in total. The summed E-state index contributed by atoms with van der Waals surface area (Å²) in [6.07, 6.45) is -0.852. The number of anilines is 2. The summed E-state index contributed by atoms with van der Waals surface area (Å²) in [6, 6.07) is 4.43. The lowest BCUT2D eigenvalue weighted by atomic mass is 10.2. The van der Waals surface area contributed by atoms with Crippen LogP contribution in [0.25, 0.3) is 0 Å². The van der Waals surface area contributed by atoms with Crippen LogP contribution in [0.2, 0.25) is 0 Å². The number of esters is 1. The quantitative estimate of drug-likeness (QED) is 0.601. The molecule has 1 atom stereocenters. The SMILES string of the molecule is CC(OC(=O)c1cc(N)cc(N)c1)C(=O)N(C)C. The summed E-state index contributed by atoms with van der Waals surface area (Å²) in [5, 5.41) is 0. The zero-order chi connectivity index (χ0) is 13.9. The van der Waals surface area contributed by atoms with Crippen molar-refractivity contribution in [1.82, 2.24) is 4.90 Å². The van der Waals surface area contributed by atoms with E-state index in [1.54, 1.807) is 14.1 Å². The van der Waals surface area contributed by atoms with E-state index in [2.05, 4.69) is 0 Å². The number of rotatable bonds is 3. The van der Waals surface area contributed by atoms with Crippen LogP contribution in [0.3, 0.4) is 0 Å². The number of hydrogen-bond acceptors (Lipinski definition) is 5. The van der Waals surface area contributed by atoms with E-state index < -0.39 is 12.1 Å². The van der Waals surface area contributed by atoms with Crippen molar-refractivity contribution in [3.8, 4) is 0 Å². The van der Waals surface area contributed by atoms with E-state index in [1.165, 1.54) is 30.0 Å². The monoisotopic (exact) mass is 251 g/mol. The van der Waals surface area contributed by atoms with Crippen LogP contribution >= 0.6 is 0 Å². The van der Waals surface area contributed by atoms with E-state index in [1.807, 2.05) is 0 Å². The zero-order valence-electron chi connectivity index (χ0n) is 10.6. The first kappa shape index (κ1) is 13.8. The molecule has 1 amide bonds. The third-order valence-electron chi connectivity index (χ3n) is 2.29. The van der Waals surface area contributed by atoms with Gasteiger partial charge in [0.05, 0.1) is 5.56 Å². The molecule has 1 unspecified atom stereocenters. The van der Waals surface area contributed by atoms with Crippen LogP contribution in [0.5, 0.6) is 0 Å². The molecular weight excluding hydrogens is 234 g/mol. The standard InChI is InChI=1S/C12H17N3O3/c1-7(11(16)15(2)3)18-12(17)8-4-9(13)6-10(14)5-8/h4-7H,13-14H2,1-3H3. The molecule has 6 heteroatoms. The second-order valence-corrected chi connectivity index (χ2v) is 4.17. The highest BCUT2D eigenvalue weighted by atomic mass is 16.5. The van der Waals surface area contributed by atoms with Gasteiger partial charge in [-0.05, 0) is 25.1 Å². The minimum absolute atomic E-state index is 0.228. The molecule has 0 fully saturated rings. The van der Waals surface area contributed by atoms with Crippen molar-refractivity contribution in [3.63, 3.8) is 0 Å². The van der Waals surface area contributed by atoms with E-state index >= 15 is 0 Å². The van der Waals surface area contributed by atoms with Gasteiger partial charge in [-0.15, -0.1) is 0 Å². The van der Waals surface area contributed by atoms with Gasteiger partial charge in [0.2, 0.25) is 0 Å². The summed E-state index contributed by atoms with van der Waals surface area (Å²) in [7, 11) is 3.18. The summed E-state index contributed by atoms with van der Waals surface area (Å²) in [4.78, 5) is 24.7. The van der Waals surface area contributed by atoms with Crippen LogP contribution in [0, 0.1) is 0 Å².